The zero-order valence-corrected chi connectivity index (χ0v) is 16.4. The Morgan fingerprint density at radius 1 is 0.786 bits per heavy atom. The number of aromatic nitrogens is 3. The minimum absolute atomic E-state index is 0.0349. The Hall–Kier alpha value is -3.27. The van der Waals surface area contributed by atoms with Gasteiger partial charge in [-0.15, -0.1) is 0 Å². The lowest BCUT2D eigenvalue weighted by Crippen LogP contribution is -2.11. The van der Waals surface area contributed by atoms with Gasteiger partial charge in [-0.05, 0) is 42.7 Å². The molecule has 28 heavy (non-hydrogen) atoms. The molecule has 2 aromatic carbocycles. The van der Waals surface area contributed by atoms with Crippen LogP contribution in [0.1, 0.15) is 44.0 Å². The molecule has 0 saturated carbocycles. The molecule has 0 aliphatic carbocycles. The minimum atomic E-state index is 0.0349. The quantitative estimate of drug-likeness (QED) is 0.470. The molecule has 4 heteroatoms. The van der Waals surface area contributed by atoms with Crippen LogP contribution in [0.25, 0.3) is 22.3 Å². The molecule has 4 aromatic rings. The number of pyridine rings is 1. The van der Waals surface area contributed by atoms with E-state index in [1.165, 1.54) is 5.56 Å². The summed E-state index contributed by atoms with van der Waals surface area (Å²) >= 11 is 0. The smallest absolute Gasteiger partial charge is 0.162 e. The van der Waals surface area contributed by atoms with Crippen LogP contribution in [0.5, 0.6) is 0 Å². The third-order valence-corrected chi connectivity index (χ3v) is 4.91. The Balaban J connectivity index is 1.83. The summed E-state index contributed by atoms with van der Waals surface area (Å²) in [6, 6.07) is 22.5. The van der Waals surface area contributed by atoms with E-state index in [4.69, 9.17) is 9.97 Å². The van der Waals surface area contributed by atoms with E-state index >= 15 is 0 Å². The number of hydrogen-bond donors (Lipinski definition) is 1. The molecule has 1 N–H and O–H groups in total. The SMILES string of the molecule is CC(C)c1ccccc1-c1nc(NC(C)c2ccccn2)c2ccccc2n1. The van der Waals surface area contributed by atoms with Crippen molar-refractivity contribution in [3.8, 4) is 11.4 Å². The predicted molar refractivity (Wildman–Crippen MR) is 115 cm³/mol. The molecule has 0 saturated heterocycles. The van der Waals surface area contributed by atoms with Gasteiger partial charge in [0, 0.05) is 17.1 Å². The fourth-order valence-corrected chi connectivity index (χ4v) is 3.42. The molecule has 0 aliphatic heterocycles. The van der Waals surface area contributed by atoms with E-state index in [1.54, 1.807) is 0 Å². The fraction of sp³-hybridized carbons (Fsp3) is 0.208. The van der Waals surface area contributed by atoms with Crippen molar-refractivity contribution in [1.82, 2.24) is 15.0 Å². The molecule has 140 valence electrons. The Labute approximate surface area is 165 Å². The van der Waals surface area contributed by atoms with Crippen LogP contribution in [0, 0.1) is 0 Å². The summed E-state index contributed by atoms with van der Waals surface area (Å²) in [4.78, 5) is 14.3. The van der Waals surface area contributed by atoms with E-state index in [0.717, 1.165) is 33.8 Å². The Kier molecular flexibility index (Phi) is 5.02. The summed E-state index contributed by atoms with van der Waals surface area (Å²) in [5.74, 6) is 1.98. The second-order valence-electron chi connectivity index (χ2n) is 7.28. The highest BCUT2D eigenvalue weighted by Gasteiger charge is 2.15. The van der Waals surface area contributed by atoms with E-state index in [2.05, 4.69) is 55.3 Å². The molecule has 0 radical (unpaired) electrons. The molecule has 1 atom stereocenters. The normalized spacial score (nSPS) is 12.3. The van der Waals surface area contributed by atoms with Crippen LogP contribution in [0.4, 0.5) is 5.82 Å². The van der Waals surface area contributed by atoms with Gasteiger partial charge in [0.2, 0.25) is 0 Å². The zero-order valence-electron chi connectivity index (χ0n) is 16.4. The van der Waals surface area contributed by atoms with Gasteiger partial charge < -0.3 is 5.32 Å². The molecule has 0 bridgehead atoms. The van der Waals surface area contributed by atoms with Gasteiger partial charge in [0.1, 0.15) is 5.82 Å². The summed E-state index contributed by atoms with van der Waals surface area (Å²) in [5, 5.41) is 4.56. The van der Waals surface area contributed by atoms with Crippen LogP contribution < -0.4 is 5.32 Å². The summed E-state index contributed by atoms with van der Waals surface area (Å²) in [6.07, 6.45) is 1.82. The summed E-state index contributed by atoms with van der Waals surface area (Å²) < 4.78 is 0. The van der Waals surface area contributed by atoms with Gasteiger partial charge in [-0.3, -0.25) is 4.98 Å². The molecule has 1 unspecified atom stereocenters. The van der Waals surface area contributed by atoms with Crippen LogP contribution in [-0.4, -0.2) is 15.0 Å². The van der Waals surface area contributed by atoms with Crippen molar-refractivity contribution in [3.63, 3.8) is 0 Å². The van der Waals surface area contributed by atoms with Gasteiger partial charge in [0.25, 0.3) is 0 Å². The number of rotatable bonds is 5. The van der Waals surface area contributed by atoms with Crippen LogP contribution in [-0.2, 0) is 0 Å². The van der Waals surface area contributed by atoms with E-state index < -0.39 is 0 Å². The van der Waals surface area contributed by atoms with Crippen molar-refractivity contribution in [2.75, 3.05) is 5.32 Å². The molecule has 0 fully saturated rings. The number of fused-ring (bicyclic) bond motifs is 1. The van der Waals surface area contributed by atoms with Crippen LogP contribution >= 0.6 is 0 Å². The average molecular weight is 368 g/mol. The first-order chi connectivity index (χ1) is 13.6. The number of nitrogens with zero attached hydrogens (tertiary/aromatic N) is 3. The topological polar surface area (TPSA) is 50.7 Å². The predicted octanol–water partition coefficient (Wildman–Crippen LogP) is 5.99. The zero-order chi connectivity index (χ0) is 19.5. The number of nitrogens with one attached hydrogen (secondary N) is 1. The first-order valence-electron chi connectivity index (χ1n) is 9.67. The molecule has 2 aromatic heterocycles. The Morgan fingerprint density at radius 2 is 1.54 bits per heavy atom. The average Bonchev–Trinajstić information content (AvgIpc) is 2.74. The van der Waals surface area contributed by atoms with Gasteiger partial charge in [0.05, 0.1) is 17.3 Å². The third-order valence-electron chi connectivity index (χ3n) is 4.91. The number of benzene rings is 2. The van der Waals surface area contributed by atoms with Crippen molar-refractivity contribution in [2.24, 2.45) is 0 Å². The van der Waals surface area contributed by atoms with Gasteiger partial charge >= 0.3 is 0 Å². The first-order valence-corrected chi connectivity index (χ1v) is 9.67. The van der Waals surface area contributed by atoms with E-state index in [1.807, 2.05) is 48.7 Å². The van der Waals surface area contributed by atoms with Crippen molar-refractivity contribution in [1.29, 1.82) is 0 Å². The van der Waals surface area contributed by atoms with Gasteiger partial charge in [-0.25, -0.2) is 9.97 Å². The summed E-state index contributed by atoms with van der Waals surface area (Å²) in [5.41, 5.74) is 4.24. The minimum Gasteiger partial charge on any atom is -0.361 e. The number of anilines is 1. The number of hydrogen-bond acceptors (Lipinski definition) is 4. The number of para-hydroxylation sites is 1. The highest BCUT2D eigenvalue weighted by Crippen LogP contribution is 2.31. The second-order valence-corrected chi connectivity index (χ2v) is 7.28. The van der Waals surface area contributed by atoms with E-state index in [0.29, 0.717) is 5.92 Å². The summed E-state index contributed by atoms with van der Waals surface area (Å²) in [6.45, 7) is 6.49. The molecule has 0 aliphatic rings. The van der Waals surface area contributed by atoms with Crippen molar-refractivity contribution < 1.29 is 0 Å². The van der Waals surface area contributed by atoms with Gasteiger partial charge in [0.15, 0.2) is 5.82 Å². The van der Waals surface area contributed by atoms with E-state index in [9.17, 15) is 0 Å². The molecule has 0 amide bonds. The van der Waals surface area contributed by atoms with Gasteiger partial charge in [-0.1, -0.05) is 56.3 Å². The molecular weight excluding hydrogens is 344 g/mol. The van der Waals surface area contributed by atoms with Crippen molar-refractivity contribution in [2.45, 2.75) is 32.7 Å². The maximum absolute atomic E-state index is 4.93. The molecule has 4 nitrogen and oxygen atoms in total. The second kappa shape index (κ2) is 7.77. The van der Waals surface area contributed by atoms with Gasteiger partial charge in [-0.2, -0.15) is 0 Å². The molecule has 2 heterocycles. The monoisotopic (exact) mass is 368 g/mol. The lowest BCUT2D eigenvalue weighted by atomic mass is 9.97. The molecule has 4 rings (SSSR count). The summed E-state index contributed by atoms with van der Waals surface area (Å²) in [7, 11) is 0. The van der Waals surface area contributed by atoms with Crippen LogP contribution in [0.15, 0.2) is 72.9 Å². The van der Waals surface area contributed by atoms with Crippen molar-refractivity contribution >= 4 is 16.7 Å². The largest absolute Gasteiger partial charge is 0.361 e. The Morgan fingerprint density at radius 3 is 2.32 bits per heavy atom. The van der Waals surface area contributed by atoms with E-state index in [-0.39, 0.29) is 6.04 Å². The maximum Gasteiger partial charge on any atom is 0.162 e. The molecular formula is C24H24N4. The highest BCUT2D eigenvalue weighted by atomic mass is 15.1. The maximum atomic E-state index is 4.93. The fourth-order valence-electron chi connectivity index (χ4n) is 3.42. The Bertz CT molecular complexity index is 1090. The lowest BCUT2D eigenvalue weighted by Gasteiger charge is -2.18. The standard InChI is InChI=1S/C24H24N4/c1-16(2)18-10-4-5-11-19(18)23-27-22-14-7-6-12-20(22)24(28-23)26-17(3)21-13-8-9-15-25-21/h4-17H,1-3H3,(H,26,27,28). The van der Waals surface area contributed by atoms with Crippen molar-refractivity contribution in [3.05, 3.63) is 84.2 Å². The van der Waals surface area contributed by atoms with Crippen LogP contribution in [0.3, 0.4) is 0 Å². The molecule has 0 spiro atoms. The lowest BCUT2D eigenvalue weighted by molar-refractivity contribution is 0.833. The first kappa shape index (κ1) is 18.1. The van der Waals surface area contributed by atoms with Crippen LogP contribution in [0.2, 0.25) is 0 Å². The third kappa shape index (κ3) is 3.58. The highest BCUT2D eigenvalue weighted by molar-refractivity contribution is 5.90.